The minimum atomic E-state index is 0.607. The first-order chi connectivity index (χ1) is 14.7. The van der Waals surface area contributed by atoms with Gasteiger partial charge in [-0.2, -0.15) is 0 Å². The van der Waals surface area contributed by atoms with Gasteiger partial charge in [0, 0.05) is 10.8 Å². The lowest BCUT2D eigenvalue weighted by Gasteiger charge is -2.10. The summed E-state index contributed by atoms with van der Waals surface area (Å²) in [5, 5.41) is 1.80. The standard InChI is InChI=1S/C27H45NOS/c1-4-5-6-7-8-9-10-11-12-13-14-15-16-17-20-29-25-18-19-26(23(2)21-25)27-28-22-24(3)30-27/h18-19,21,24H,4-17,20,22H2,1-3H3. The van der Waals surface area contributed by atoms with Crippen LogP contribution in [0.3, 0.4) is 0 Å². The molecule has 1 aliphatic rings. The summed E-state index contributed by atoms with van der Waals surface area (Å²) < 4.78 is 5.99. The Morgan fingerprint density at radius 3 is 1.93 bits per heavy atom. The third-order valence-electron chi connectivity index (χ3n) is 6.00. The molecule has 2 rings (SSSR count). The molecule has 0 bridgehead atoms. The summed E-state index contributed by atoms with van der Waals surface area (Å²) in [4.78, 5) is 4.66. The molecule has 1 heterocycles. The van der Waals surface area contributed by atoms with E-state index >= 15 is 0 Å². The Labute approximate surface area is 190 Å². The Bertz CT molecular complexity index is 613. The number of unbranched alkanes of at least 4 members (excludes halogenated alkanes) is 13. The molecule has 0 aromatic heterocycles. The number of ether oxygens (including phenoxy) is 1. The van der Waals surface area contributed by atoms with E-state index < -0.39 is 0 Å². The van der Waals surface area contributed by atoms with Crippen LogP contribution < -0.4 is 4.74 Å². The van der Waals surface area contributed by atoms with Gasteiger partial charge in [0.2, 0.25) is 0 Å². The number of benzene rings is 1. The highest BCUT2D eigenvalue weighted by Gasteiger charge is 2.18. The monoisotopic (exact) mass is 431 g/mol. The van der Waals surface area contributed by atoms with Gasteiger partial charge in [-0.1, -0.05) is 97.3 Å². The number of aliphatic imine (C=N–C) groups is 1. The van der Waals surface area contributed by atoms with Crippen LogP contribution in [0.2, 0.25) is 0 Å². The van der Waals surface area contributed by atoms with Gasteiger partial charge in [0.1, 0.15) is 5.75 Å². The Balaban J connectivity index is 1.42. The largest absolute Gasteiger partial charge is 0.494 e. The van der Waals surface area contributed by atoms with Crippen LogP contribution in [-0.2, 0) is 0 Å². The van der Waals surface area contributed by atoms with E-state index in [4.69, 9.17) is 4.74 Å². The fourth-order valence-electron chi connectivity index (χ4n) is 4.08. The zero-order valence-electron chi connectivity index (χ0n) is 19.9. The Morgan fingerprint density at radius 2 is 1.43 bits per heavy atom. The van der Waals surface area contributed by atoms with Crippen LogP contribution in [0.25, 0.3) is 0 Å². The second-order valence-electron chi connectivity index (χ2n) is 9.00. The van der Waals surface area contributed by atoms with Crippen LogP contribution in [0.5, 0.6) is 5.75 Å². The molecule has 0 radical (unpaired) electrons. The van der Waals surface area contributed by atoms with Crippen molar-refractivity contribution in [2.45, 2.75) is 116 Å². The fourth-order valence-corrected chi connectivity index (χ4v) is 5.11. The normalized spacial score (nSPS) is 16.1. The van der Waals surface area contributed by atoms with Gasteiger partial charge in [-0.3, -0.25) is 4.99 Å². The summed E-state index contributed by atoms with van der Waals surface area (Å²) in [6.45, 7) is 8.48. The molecule has 170 valence electrons. The fraction of sp³-hybridized carbons (Fsp3) is 0.741. The average Bonchev–Trinajstić information content (AvgIpc) is 3.17. The van der Waals surface area contributed by atoms with Crippen LogP contribution in [-0.4, -0.2) is 23.4 Å². The molecule has 3 heteroatoms. The number of rotatable bonds is 17. The molecule has 0 saturated heterocycles. The SMILES string of the molecule is CCCCCCCCCCCCCCCCOc1ccc(C2=NCC(C)S2)c(C)c1. The van der Waals surface area contributed by atoms with Crippen molar-refractivity contribution in [3.8, 4) is 5.75 Å². The van der Waals surface area contributed by atoms with Crippen molar-refractivity contribution < 1.29 is 4.74 Å². The molecule has 1 aromatic carbocycles. The molecule has 1 aliphatic heterocycles. The van der Waals surface area contributed by atoms with Crippen molar-refractivity contribution in [3.05, 3.63) is 29.3 Å². The summed E-state index contributed by atoms with van der Waals surface area (Å²) in [7, 11) is 0. The van der Waals surface area contributed by atoms with E-state index in [1.54, 1.807) is 0 Å². The van der Waals surface area contributed by atoms with Crippen LogP contribution in [0, 0.1) is 6.92 Å². The second-order valence-corrected chi connectivity index (χ2v) is 10.4. The first kappa shape index (κ1) is 25.3. The maximum Gasteiger partial charge on any atom is 0.119 e. The van der Waals surface area contributed by atoms with Crippen molar-refractivity contribution in [1.82, 2.24) is 0 Å². The van der Waals surface area contributed by atoms with Gasteiger partial charge in [0.15, 0.2) is 0 Å². The lowest BCUT2D eigenvalue weighted by atomic mass is 10.0. The van der Waals surface area contributed by atoms with E-state index in [0.29, 0.717) is 5.25 Å². The maximum atomic E-state index is 5.99. The smallest absolute Gasteiger partial charge is 0.119 e. The first-order valence-electron chi connectivity index (χ1n) is 12.7. The van der Waals surface area contributed by atoms with Gasteiger partial charge in [-0.05, 0) is 37.1 Å². The quantitative estimate of drug-likeness (QED) is 0.230. The van der Waals surface area contributed by atoms with Crippen molar-refractivity contribution in [1.29, 1.82) is 0 Å². The highest BCUT2D eigenvalue weighted by molar-refractivity contribution is 8.15. The highest BCUT2D eigenvalue weighted by atomic mass is 32.2. The van der Waals surface area contributed by atoms with Crippen molar-refractivity contribution in [2.75, 3.05) is 13.2 Å². The number of nitrogens with zero attached hydrogens (tertiary/aromatic N) is 1. The summed E-state index contributed by atoms with van der Waals surface area (Å²) in [6, 6.07) is 6.46. The Hall–Kier alpha value is -0.960. The summed E-state index contributed by atoms with van der Waals surface area (Å²) in [5.74, 6) is 1.00. The van der Waals surface area contributed by atoms with Gasteiger partial charge >= 0.3 is 0 Å². The van der Waals surface area contributed by atoms with E-state index in [0.717, 1.165) is 18.9 Å². The molecule has 0 amide bonds. The summed E-state index contributed by atoms with van der Waals surface area (Å²) in [5.41, 5.74) is 2.54. The molecule has 2 nitrogen and oxygen atoms in total. The van der Waals surface area contributed by atoms with E-state index in [-0.39, 0.29) is 0 Å². The minimum Gasteiger partial charge on any atom is -0.494 e. The topological polar surface area (TPSA) is 21.6 Å². The zero-order chi connectivity index (χ0) is 21.4. The first-order valence-corrected chi connectivity index (χ1v) is 13.5. The molecule has 0 N–H and O–H groups in total. The number of thioether (sulfide) groups is 1. The number of hydrogen-bond acceptors (Lipinski definition) is 3. The molecular weight excluding hydrogens is 386 g/mol. The average molecular weight is 432 g/mol. The van der Waals surface area contributed by atoms with E-state index in [2.05, 4.69) is 44.0 Å². The molecule has 1 aromatic rings. The zero-order valence-corrected chi connectivity index (χ0v) is 20.7. The van der Waals surface area contributed by atoms with Crippen LogP contribution >= 0.6 is 11.8 Å². The summed E-state index contributed by atoms with van der Waals surface area (Å²) in [6.07, 6.45) is 19.5. The van der Waals surface area contributed by atoms with Gasteiger partial charge in [-0.15, -0.1) is 11.8 Å². The van der Waals surface area contributed by atoms with Crippen molar-refractivity contribution >= 4 is 16.8 Å². The van der Waals surface area contributed by atoms with Crippen LogP contribution in [0.4, 0.5) is 0 Å². The van der Waals surface area contributed by atoms with Crippen LogP contribution in [0.15, 0.2) is 23.2 Å². The molecule has 0 fully saturated rings. The lowest BCUT2D eigenvalue weighted by molar-refractivity contribution is 0.304. The van der Waals surface area contributed by atoms with Crippen molar-refractivity contribution in [2.24, 2.45) is 4.99 Å². The predicted molar refractivity (Wildman–Crippen MR) is 135 cm³/mol. The molecular formula is C27H45NOS. The van der Waals surface area contributed by atoms with E-state index in [9.17, 15) is 0 Å². The van der Waals surface area contributed by atoms with E-state index in [1.165, 1.54) is 106 Å². The third-order valence-corrected chi connectivity index (χ3v) is 7.12. The molecule has 0 aliphatic carbocycles. The third kappa shape index (κ3) is 10.4. The number of hydrogen-bond donors (Lipinski definition) is 0. The lowest BCUT2D eigenvalue weighted by Crippen LogP contribution is -2.01. The summed E-state index contributed by atoms with van der Waals surface area (Å²) >= 11 is 1.89. The number of aryl methyl sites for hydroxylation is 1. The minimum absolute atomic E-state index is 0.607. The van der Waals surface area contributed by atoms with Crippen LogP contribution in [0.1, 0.15) is 115 Å². The highest BCUT2D eigenvalue weighted by Crippen LogP contribution is 2.28. The second kappa shape index (κ2) is 15.8. The predicted octanol–water partition coefficient (Wildman–Crippen LogP) is 8.74. The molecule has 0 spiro atoms. The van der Waals surface area contributed by atoms with E-state index in [1.807, 2.05) is 11.8 Å². The molecule has 30 heavy (non-hydrogen) atoms. The molecule has 1 unspecified atom stereocenters. The Morgan fingerprint density at radius 1 is 0.867 bits per heavy atom. The van der Waals surface area contributed by atoms with Gasteiger partial charge in [0.05, 0.1) is 18.2 Å². The van der Waals surface area contributed by atoms with Gasteiger partial charge < -0.3 is 4.74 Å². The van der Waals surface area contributed by atoms with Gasteiger partial charge in [0.25, 0.3) is 0 Å². The Kier molecular flexibility index (Phi) is 13.3. The van der Waals surface area contributed by atoms with Crippen molar-refractivity contribution in [3.63, 3.8) is 0 Å². The molecule has 0 saturated carbocycles. The maximum absolute atomic E-state index is 5.99. The van der Waals surface area contributed by atoms with Gasteiger partial charge in [-0.25, -0.2) is 0 Å². The molecule has 1 atom stereocenters.